The van der Waals surface area contributed by atoms with Crippen LogP contribution in [0, 0.1) is 6.92 Å². The third-order valence-corrected chi connectivity index (χ3v) is 3.14. The zero-order chi connectivity index (χ0) is 16.8. The van der Waals surface area contributed by atoms with Crippen LogP contribution in [-0.2, 0) is 16.0 Å². The summed E-state index contributed by atoms with van der Waals surface area (Å²) in [6.07, 6.45) is -0.192. The standard InChI is InChI=1S/C17H17NO5/c1-11-4-2-3-5-15(11)23-10-16(20)18-13-8-12(9-17(21)22)6-7-14(13)19/h2-8,19H,9-10H2,1H3,(H,18,20)(H,21,22). The topological polar surface area (TPSA) is 95.9 Å². The van der Waals surface area contributed by atoms with Gasteiger partial charge in [-0.3, -0.25) is 9.59 Å². The molecular weight excluding hydrogens is 298 g/mol. The number of carbonyl (C=O) groups is 2. The van der Waals surface area contributed by atoms with Gasteiger partial charge in [0.1, 0.15) is 11.5 Å². The average molecular weight is 315 g/mol. The Kier molecular flexibility index (Phi) is 5.19. The molecule has 120 valence electrons. The Labute approximate surface area is 133 Å². The van der Waals surface area contributed by atoms with Gasteiger partial charge in [-0.2, -0.15) is 0 Å². The molecular formula is C17H17NO5. The number of anilines is 1. The molecule has 0 atom stereocenters. The number of aromatic hydroxyl groups is 1. The number of hydrogen-bond donors (Lipinski definition) is 3. The second-order valence-electron chi connectivity index (χ2n) is 5.02. The van der Waals surface area contributed by atoms with Gasteiger partial charge in [0.15, 0.2) is 6.61 Å². The summed E-state index contributed by atoms with van der Waals surface area (Å²) < 4.78 is 5.42. The summed E-state index contributed by atoms with van der Waals surface area (Å²) in [6.45, 7) is 1.65. The van der Waals surface area contributed by atoms with Crippen LogP contribution in [-0.4, -0.2) is 28.7 Å². The molecule has 0 radical (unpaired) electrons. The lowest BCUT2D eigenvalue weighted by atomic mass is 10.1. The van der Waals surface area contributed by atoms with Crippen molar-refractivity contribution in [2.45, 2.75) is 13.3 Å². The minimum atomic E-state index is -0.990. The normalized spacial score (nSPS) is 10.1. The Morgan fingerprint density at radius 3 is 2.61 bits per heavy atom. The largest absolute Gasteiger partial charge is 0.506 e. The molecule has 0 unspecified atom stereocenters. The van der Waals surface area contributed by atoms with Gasteiger partial charge < -0.3 is 20.3 Å². The van der Waals surface area contributed by atoms with E-state index in [2.05, 4.69) is 5.32 Å². The monoisotopic (exact) mass is 315 g/mol. The smallest absolute Gasteiger partial charge is 0.307 e. The average Bonchev–Trinajstić information content (AvgIpc) is 2.49. The van der Waals surface area contributed by atoms with E-state index in [-0.39, 0.29) is 24.5 Å². The fraction of sp³-hybridized carbons (Fsp3) is 0.176. The number of aryl methyl sites for hydroxylation is 1. The number of benzene rings is 2. The molecule has 6 heteroatoms. The lowest BCUT2D eigenvalue weighted by Gasteiger charge is -2.11. The number of hydrogen-bond acceptors (Lipinski definition) is 4. The zero-order valence-electron chi connectivity index (χ0n) is 12.6. The van der Waals surface area contributed by atoms with E-state index in [1.165, 1.54) is 18.2 Å². The Morgan fingerprint density at radius 2 is 1.91 bits per heavy atom. The predicted octanol–water partition coefficient (Wildman–Crippen LogP) is 2.35. The van der Waals surface area contributed by atoms with Crippen LogP contribution >= 0.6 is 0 Å². The van der Waals surface area contributed by atoms with Crippen molar-refractivity contribution >= 4 is 17.6 Å². The molecule has 2 aromatic carbocycles. The van der Waals surface area contributed by atoms with E-state index in [1.54, 1.807) is 12.1 Å². The number of carboxylic acid groups (broad SMARTS) is 1. The summed E-state index contributed by atoms with van der Waals surface area (Å²) in [4.78, 5) is 22.6. The number of carboxylic acids is 1. The highest BCUT2D eigenvalue weighted by Crippen LogP contribution is 2.24. The first-order valence-electron chi connectivity index (χ1n) is 6.97. The summed E-state index contributed by atoms with van der Waals surface area (Å²) in [5.41, 5.74) is 1.54. The summed E-state index contributed by atoms with van der Waals surface area (Å²) in [6, 6.07) is 11.6. The molecule has 2 aromatic rings. The number of rotatable bonds is 6. The van der Waals surface area contributed by atoms with Gasteiger partial charge in [-0.1, -0.05) is 24.3 Å². The van der Waals surface area contributed by atoms with Gasteiger partial charge in [0.05, 0.1) is 12.1 Å². The van der Waals surface area contributed by atoms with Crippen molar-refractivity contribution in [3.05, 3.63) is 53.6 Å². The van der Waals surface area contributed by atoms with Crippen molar-refractivity contribution in [3.8, 4) is 11.5 Å². The first kappa shape index (κ1) is 16.4. The van der Waals surface area contributed by atoms with E-state index < -0.39 is 11.9 Å². The number of ether oxygens (including phenoxy) is 1. The Balaban J connectivity index is 1.99. The van der Waals surface area contributed by atoms with Gasteiger partial charge in [0.2, 0.25) is 0 Å². The quantitative estimate of drug-likeness (QED) is 0.711. The van der Waals surface area contributed by atoms with Crippen LogP contribution in [0.25, 0.3) is 0 Å². The van der Waals surface area contributed by atoms with Crippen molar-refractivity contribution < 1.29 is 24.5 Å². The van der Waals surface area contributed by atoms with Crippen molar-refractivity contribution in [1.29, 1.82) is 0 Å². The summed E-state index contributed by atoms with van der Waals surface area (Å²) in [7, 11) is 0. The van der Waals surface area contributed by atoms with Gasteiger partial charge in [-0.15, -0.1) is 0 Å². The summed E-state index contributed by atoms with van der Waals surface area (Å²) >= 11 is 0. The third-order valence-electron chi connectivity index (χ3n) is 3.14. The fourth-order valence-electron chi connectivity index (χ4n) is 2.02. The molecule has 0 fully saturated rings. The first-order valence-corrected chi connectivity index (χ1v) is 6.97. The number of aliphatic carboxylic acids is 1. The Bertz CT molecular complexity index is 727. The van der Waals surface area contributed by atoms with Crippen LogP contribution in [0.4, 0.5) is 5.69 Å². The zero-order valence-corrected chi connectivity index (χ0v) is 12.6. The lowest BCUT2D eigenvalue weighted by molar-refractivity contribution is -0.136. The van der Waals surface area contributed by atoms with E-state index in [9.17, 15) is 14.7 Å². The third kappa shape index (κ3) is 4.74. The van der Waals surface area contributed by atoms with Gasteiger partial charge in [0, 0.05) is 0 Å². The minimum Gasteiger partial charge on any atom is -0.506 e. The predicted molar refractivity (Wildman–Crippen MR) is 84.8 cm³/mol. The maximum absolute atomic E-state index is 11.9. The maximum Gasteiger partial charge on any atom is 0.307 e. The second kappa shape index (κ2) is 7.31. The van der Waals surface area contributed by atoms with Gasteiger partial charge in [0.25, 0.3) is 5.91 Å². The SMILES string of the molecule is Cc1ccccc1OCC(=O)Nc1cc(CC(=O)O)ccc1O. The van der Waals surface area contributed by atoms with Crippen LogP contribution < -0.4 is 10.1 Å². The molecule has 0 heterocycles. The highest BCUT2D eigenvalue weighted by molar-refractivity contribution is 5.93. The van der Waals surface area contributed by atoms with Crippen LogP contribution in [0.5, 0.6) is 11.5 Å². The fourth-order valence-corrected chi connectivity index (χ4v) is 2.02. The highest BCUT2D eigenvalue weighted by atomic mass is 16.5. The molecule has 0 aliphatic rings. The number of para-hydroxylation sites is 1. The summed E-state index contributed by atoms with van der Waals surface area (Å²) in [5.74, 6) is -0.971. The van der Waals surface area contributed by atoms with Crippen LogP contribution in [0.2, 0.25) is 0 Å². The van der Waals surface area contributed by atoms with Crippen LogP contribution in [0.15, 0.2) is 42.5 Å². The van der Waals surface area contributed by atoms with Crippen LogP contribution in [0.3, 0.4) is 0 Å². The Hall–Kier alpha value is -3.02. The van der Waals surface area contributed by atoms with Crippen molar-refractivity contribution in [1.82, 2.24) is 0 Å². The molecule has 0 aliphatic carbocycles. The summed E-state index contributed by atoms with van der Waals surface area (Å²) in [5, 5.41) is 21.0. The van der Waals surface area contributed by atoms with E-state index in [0.717, 1.165) is 5.56 Å². The van der Waals surface area contributed by atoms with E-state index in [4.69, 9.17) is 9.84 Å². The number of phenols is 1. The number of phenolic OH excluding ortho intramolecular Hbond substituents is 1. The molecule has 6 nitrogen and oxygen atoms in total. The molecule has 0 saturated carbocycles. The first-order chi connectivity index (χ1) is 11.0. The molecule has 2 rings (SSSR count). The van der Waals surface area contributed by atoms with Crippen molar-refractivity contribution in [2.75, 3.05) is 11.9 Å². The van der Waals surface area contributed by atoms with Gasteiger partial charge >= 0.3 is 5.97 Å². The minimum absolute atomic E-state index is 0.136. The van der Waals surface area contributed by atoms with E-state index in [0.29, 0.717) is 11.3 Å². The number of amides is 1. The molecule has 0 aromatic heterocycles. The molecule has 0 spiro atoms. The highest BCUT2D eigenvalue weighted by Gasteiger charge is 2.10. The van der Waals surface area contributed by atoms with E-state index >= 15 is 0 Å². The van der Waals surface area contributed by atoms with E-state index in [1.807, 2.05) is 19.1 Å². The second-order valence-corrected chi connectivity index (χ2v) is 5.02. The van der Waals surface area contributed by atoms with Gasteiger partial charge in [-0.25, -0.2) is 0 Å². The van der Waals surface area contributed by atoms with Gasteiger partial charge in [-0.05, 0) is 36.2 Å². The number of nitrogens with one attached hydrogen (secondary N) is 1. The molecule has 0 saturated heterocycles. The molecule has 3 N–H and O–H groups in total. The Morgan fingerprint density at radius 1 is 1.17 bits per heavy atom. The molecule has 23 heavy (non-hydrogen) atoms. The van der Waals surface area contributed by atoms with Crippen molar-refractivity contribution in [2.24, 2.45) is 0 Å². The molecule has 0 aliphatic heterocycles. The van der Waals surface area contributed by atoms with Crippen LogP contribution in [0.1, 0.15) is 11.1 Å². The lowest BCUT2D eigenvalue weighted by Crippen LogP contribution is -2.20. The number of carbonyl (C=O) groups excluding carboxylic acids is 1. The molecule has 0 bridgehead atoms. The maximum atomic E-state index is 11.9. The molecule has 1 amide bonds. The van der Waals surface area contributed by atoms with Crippen molar-refractivity contribution in [3.63, 3.8) is 0 Å².